The molecule has 0 bridgehead atoms. The van der Waals surface area contributed by atoms with Gasteiger partial charge in [-0.05, 0) is 24.3 Å². The van der Waals surface area contributed by atoms with Gasteiger partial charge in [-0.15, -0.1) is 17.0 Å². The fraction of sp³-hybridized carbons (Fsp3) is 0. The highest BCUT2D eigenvalue weighted by Crippen LogP contribution is 2.25. The first-order chi connectivity index (χ1) is 8.66. The minimum atomic E-state index is -0.437. The summed E-state index contributed by atoms with van der Waals surface area (Å²) in [6.07, 6.45) is 0. The maximum absolute atomic E-state index is 13.8. The van der Waals surface area contributed by atoms with E-state index in [1.54, 1.807) is 18.2 Å². The van der Waals surface area contributed by atoms with Gasteiger partial charge in [-0.1, -0.05) is 12.1 Å². The Morgan fingerprint density at radius 2 is 1.79 bits per heavy atom. The number of aromatic nitrogens is 2. The summed E-state index contributed by atoms with van der Waals surface area (Å²) in [4.78, 5) is 4.08. The molecule has 0 aliphatic heterocycles. The van der Waals surface area contributed by atoms with E-state index in [0.29, 0.717) is 11.0 Å². The number of rotatable bonds is 1. The van der Waals surface area contributed by atoms with Crippen molar-refractivity contribution in [3.05, 3.63) is 54.1 Å². The van der Waals surface area contributed by atoms with Crippen LogP contribution in [0.2, 0.25) is 0 Å². The van der Waals surface area contributed by atoms with Crippen molar-refractivity contribution in [2.24, 2.45) is 0 Å². The van der Waals surface area contributed by atoms with Gasteiger partial charge in [-0.2, -0.15) is 0 Å². The van der Waals surface area contributed by atoms with E-state index < -0.39 is 11.6 Å². The molecule has 0 saturated heterocycles. The Morgan fingerprint density at radius 3 is 2.53 bits per heavy atom. The molecule has 0 amide bonds. The first-order valence-electron chi connectivity index (χ1n) is 5.35. The Labute approximate surface area is 118 Å². The van der Waals surface area contributed by atoms with Gasteiger partial charge in [-0.25, -0.2) is 13.8 Å². The van der Waals surface area contributed by atoms with Crippen molar-refractivity contribution in [2.45, 2.75) is 0 Å². The molecule has 0 atom stereocenters. The largest absolute Gasteiger partial charge is 0.369 e. The maximum Gasteiger partial charge on any atom is 0.206 e. The summed E-state index contributed by atoms with van der Waals surface area (Å²) in [5.41, 5.74) is 6.99. The van der Waals surface area contributed by atoms with Crippen molar-refractivity contribution in [1.82, 2.24) is 9.55 Å². The summed E-state index contributed by atoms with van der Waals surface area (Å²) in [6.45, 7) is 0. The van der Waals surface area contributed by atoms with Crippen molar-refractivity contribution < 1.29 is 8.78 Å². The third-order valence-corrected chi connectivity index (χ3v) is 2.74. The van der Waals surface area contributed by atoms with Crippen LogP contribution in [0.1, 0.15) is 0 Å². The number of nitrogens with two attached hydrogens (primary N) is 1. The number of hydrogen-bond donors (Lipinski definition) is 1. The minimum absolute atomic E-state index is 0. The van der Waals surface area contributed by atoms with Crippen LogP contribution in [0.25, 0.3) is 16.7 Å². The van der Waals surface area contributed by atoms with E-state index in [0.717, 1.165) is 0 Å². The van der Waals surface area contributed by atoms with E-state index in [1.165, 1.54) is 28.8 Å². The molecule has 0 fully saturated rings. The molecule has 0 unspecified atom stereocenters. The van der Waals surface area contributed by atoms with Gasteiger partial charge in [0.1, 0.15) is 11.6 Å². The predicted octanol–water partition coefficient (Wildman–Crippen LogP) is 3.46. The third kappa shape index (κ3) is 2.19. The summed E-state index contributed by atoms with van der Waals surface area (Å²) in [6, 6.07) is 10.2. The Kier molecular flexibility index (Phi) is 3.53. The second-order valence-electron chi connectivity index (χ2n) is 3.89. The average molecular weight is 326 g/mol. The Morgan fingerprint density at radius 1 is 1.05 bits per heavy atom. The lowest BCUT2D eigenvalue weighted by Gasteiger charge is -2.07. The summed E-state index contributed by atoms with van der Waals surface area (Å²) >= 11 is 0. The number of anilines is 1. The zero-order valence-corrected chi connectivity index (χ0v) is 11.4. The lowest BCUT2D eigenvalue weighted by molar-refractivity contribution is 0.618. The SMILES string of the molecule is Br.Nc1nc2ccc(F)cc2n1-c1ccccc1F. The number of hydrogen-bond acceptors (Lipinski definition) is 2. The van der Waals surface area contributed by atoms with Gasteiger partial charge in [-0.3, -0.25) is 4.57 Å². The fourth-order valence-corrected chi connectivity index (χ4v) is 1.95. The second kappa shape index (κ2) is 4.97. The molecule has 0 aliphatic rings. The van der Waals surface area contributed by atoms with Crippen molar-refractivity contribution in [3.63, 3.8) is 0 Å². The van der Waals surface area contributed by atoms with Crippen LogP contribution in [0.3, 0.4) is 0 Å². The highest BCUT2D eigenvalue weighted by Gasteiger charge is 2.13. The van der Waals surface area contributed by atoms with Gasteiger partial charge >= 0.3 is 0 Å². The number of halogens is 3. The molecule has 19 heavy (non-hydrogen) atoms. The van der Waals surface area contributed by atoms with Crippen LogP contribution in [0.15, 0.2) is 42.5 Å². The summed E-state index contributed by atoms with van der Waals surface area (Å²) < 4.78 is 28.4. The van der Waals surface area contributed by atoms with E-state index in [2.05, 4.69) is 4.98 Å². The van der Waals surface area contributed by atoms with Crippen LogP contribution in [0.4, 0.5) is 14.7 Å². The van der Waals surface area contributed by atoms with Crippen LogP contribution in [0.5, 0.6) is 0 Å². The van der Waals surface area contributed by atoms with Crippen LogP contribution in [-0.4, -0.2) is 9.55 Å². The number of nitrogen functional groups attached to an aromatic ring is 1. The molecule has 0 radical (unpaired) electrons. The molecule has 98 valence electrons. The van der Waals surface area contributed by atoms with E-state index >= 15 is 0 Å². The zero-order chi connectivity index (χ0) is 12.7. The fourth-order valence-electron chi connectivity index (χ4n) is 1.95. The van der Waals surface area contributed by atoms with Crippen LogP contribution in [-0.2, 0) is 0 Å². The van der Waals surface area contributed by atoms with E-state index in [4.69, 9.17) is 5.73 Å². The number of fused-ring (bicyclic) bond motifs is 1. The number of para-hydroxylation sites is 1. The van der Waals surface area contributed by atoms with Crippen molar-refractivity contribution in [2.75, 3.05) is 5.73 Å². The van der Waals surface area contributed by atoms with Gasteiger partial charge in [0.15, 0.2) is 0 Å². The molecule has 0 aliphatic carbocycles. The Hall–Kier alpha value is -1.95. The highest BCUT2D eigenvalue weighted by molar-refractivity contribution is 8.93. The lowest BCUT2D eigenvalue weighted by atomic mass is 10.2. The number of nitrogens with zero attached hydrogens (tertiary/aromatic N) is 2. The van der Waals surface area contributed by atoms with Gasteiger partial charge < -0.3 is 5.73 Å². The van der Waals surface area contributed by atoms with E-state index in [9.17, 15) is 8.78 Å². The molecule has 3 rings (SSSR count). The van der Waals surface area contributed by atoms with Gasteiger partial charge in [0.2, 0.25) is 5.95 Å². The van der Waals surface area contributed by atoms with Gasteiger partial charge in [0, 0.05) is 6.07 Å². The molecule has 1 heterocycles. The first kappa shape index (κ1) is 13.5. The molecule has 6 heteroatoms. The maximum atomic E-state index is 13.8. The Balaban J connectivity index is 0.00000133. The topological polar surface area (TPSA) is 43.8 Å². The Bertz CT molecular complexity index is 740. The van der Waals surface area contributed by atoms with Crippen LogP contribution >= 0.6 is 17.0 Å². The predicted molar refractivity (Wildman–Crippen MR) is 75.7 cm³/mol. The highest BCUT2D eigenvalue weighted by atomic mass is 79.9. The summed E-state index contributed by atoms with van der Waals surface area (Å²) in [5.74, 6) is -0.728. The quantitative estimate of drug-likeness (QED) is 0.744. The van der Waals surface area contributed by atoms with Crippen molar-refractivity contribution in [3.8, 4) is 5.69 Å². The molecule has 3 aromatic rings. The second-order valence-corrected chi connectivity index (χ2v) is 3.89. The average Bonchev–Trinajstić information content (AvgIpc) is 2.66. The number of benzene rings is 2. The molecular formula is C13H10BrF2N3. The lowest BCUT2D eigenvalue weighted by Crippen LogP contribution is -2.02. The van der Waals surface area contributed by atoms with Crippen molar-refractivity contribution >= 4 is 34.0 Å². The molecule has 1 aromatic heterocycles. The normalized spacial score (nSPS) is 10.4. The first-order valence-corrected chi connectivity index (χ1v) is 5.35. The van der Waals surface area contributed by atoms with Crippen LogP contribution in [0, 0.1) is 11.6 Å². The van der Waals surface area contributed by atoms with E-state index in [1.807, 2.05) is 0 Å². The molecule has 2 aromatic carbocycles. The number of imidazole rings is 1. The summed E-state index contributed by atoms with van der Waals surface area (Å²) in [7, 11) is 0. The van der Waals surface area contributed by atoms with Gasteiger partial charge in [0.25, 0.3) is 0 Å². The molecule has 0 saturated carbocycles. The molecular weight excluding hydrogens is 316 g/mol. The summed E-state index contributed by atoms with van der Waals surface area (Å²) in [5, 5.41) is 0. The van der Waals surface area contributed by atoms with Gasteiger partial charge in [0.05, 0.1) is 16.7 Å². The third-order valence-electron chi connectivity index (χ3n) is 2.74. The molecule has 0 spiro atoms. The van der Waals surface area contributed by atoms with Crippen molar-refractivity contribution in [1.29, 1.82) is 0 Å². The molecule has 3 nitrogen and oxygen atoms in total. The minimum Gasteiger partial charge on any atom is -0.369 e. The molecule has 2 N–H and O–H groups in total. The standard InChI is InChI=1S/C13H9F2N3.BrH/c14-8-5-6-10-12(7-8)18(13(16)17-10)11-4-2-1-3-9(11)15;/h1-7H,(H2,16,17);1H. The van der Waals surface area contributed by atoms with Crippen LogP contribution < -0.4 is 5.73 Å². The zero-order valence-electron chi connectivity index (χ0n) is 9.68. The van der Waals surface area contributed by atoms with E-state index in [-0.39, 0.29) is 28.6 Å². The smallest absolute Gasteiger partial charge is 0.206 e. The monoisotopic (exact) mass is 325 g/mol.